The fourth-order valence-corrected chi connectivity index (χ4v) is 10.1. The van der Waals surface area contributed by atoms with E-state index in [1.54, 1.807) is 0 Å². The Morgan fingerprint density at radius 2 is 1.85 bits per heavy atom. The van der Waals surface area contributed by atoms with Crippen LogP contribution in [-0.2, 0) is 14.3 Å². The number of fused-ring (bicyclic) bond motifs is 7. The van der Waals surface area contributed by atoms with Gasteiger partial charge in [0.15, 0.2) is 11.6 Å². The third-order valence-corrected chi connectivity index (χ3v) is 12.0. The van der Waals surface area contributed by atoms with Crippen LogP contribution in [0.3, 0.4) is 0 Å². The van der Waals surface area contributed by atoms with Crippen LogP contribution in [0.25, 0.3) is 0 Å². The lowest BCUT2D eigenvalue weighted by Crippen LogP contribution is -2.70. The van der Waals surface area contributed by atoms with Crippen molar-refractivity contribution in [3.05, 3.63) is 0 Å². The zero-order valence-corrected chi connectivity index (χ0v) is 20.8. The quantitative estimate of drug-likeness (QED) is 0.513. The van der Waals surface area contributed by atoms with Crippen molar-refractivity contribution in [3.8, 4) is 0 Å². The fourth-order valence-electron chi connectivity index (χ4n) is 10.1. The molecule has 1 spiro atoms. The second-order valence-corrected chi connectivity index (χ2v) is 13.4. The SMILES string of the molecule is C[C@@H]1CC[C@@]2(OC1)O[C@H]1C[C@H]3[C@@H]4CC(=O)[C@]5(O)C[C@@H](O)[C@H](N)C[C@]5(C)[C@H]4CC[C@]3(C)[C@H]1[C@@H]2C. The Balaban J connectivity index is 1.31. The number of rotatable bonds is 0. The summed E-state index contributed by atoms with van der Waals surface area (Å²) in [6.07, 6.45) is 5.63. The molecule has 0 radical (unpaired) electrons. The zero-order chi connectivity index (χ0) is 23.6. The van der Waals surface area contributed by atoms with E-state index in [4.69, 9.17) is 15.2 Å². The minimum Gasteiger partial charge on any atom is -0.391 e. The molecule has 0 aromatic rings. The molecule has 4 N–H and O–H groups in total. The number of ketones is 1. The van der Waals surface area contributed by atoms with Crippen LogP contribution >= 0.6 is 0 Å². The lowest BCUT2D eigenvalue weighted by Gasteiger charge is -2.63. The molecule has 6 heteroatoms. The Morgan fingerprint density at radius 1 is 1.09 bits per heavy atom. The highest BCUT2D eigenvalue weighted by molar-refractivity contribution is 5.89. The van der Waals surface area contributed by atoms with E-state index in [2.05, 4.69) is 27.7 Å². The monoisotopic (exact) mass is 461 g/mol. The summed E-state index contributed by atoms with van der Waals surface area (Å²) in [7, 11) is 0. The second kappa shape index (κ2) is 7.03. The number of aliphatic hydroxyl groups excluding tert-OH is 1. The Kier molecular flexibility index (Phi) is 4.88. The van der Waals surface area contributed by atoms with Crippen LogP contribution in [0.15, 0.2) is 0 Å². The van der Waals surface area contributed by atoms with Crippen molar-refractivity contribution in [2.75, 3.05) is 6.61 Å². The number of hydrogen-bond donors (Lipinski definition) is 3. The van der Waals surface area contributed by atoms with Crippen LogP contribution in [0.2, 0.25) is 0 Å². The molecule has 0 unspecified atom stereocenters. The van der Waals surface area contributed by atoms with E-state index >= 15 is 0 Å². The lowest BCUT2D eigenvalue weighted by atomic mass is 9.42. The number of ether oxygens (including phenoxy) is 2. The number of carbonyl (C=O) groups excluding carboxylic acids is 1. The van der Waals surface area contributed by atoms with E-state index < -0.39 is 22.9 Å². The highest BCUT2D eigenvalue weighted by Gasteiger charge is 2.72. The topological polar surface area (TPSA) is 102 Å². The van der Waals surface area contributed by atoms with Gasteiger partial charge in [0.2, 0.25) is 0 Å². The third-order valence-electron chi connectivity index (χ3n) is 12.0. The lowest BCUT2D eigenvalue weighted by molar-refractivity contribution is -0.273. The van der Waals surface area contributed by atoms with Crippen molar-refractivity contribution in [2.45, 2.75) is 109 Å². The van der Waals surface area contributed by atoms with Gasteiger partial charge in [0.05, 0.1) is 18.8 Å². The van der Waals surface area contributed by atoms with Gasteiger partial charge in [-0.1, -0.05) is 27.7 Å². The molecule has 0 amide bonds. The maximum Gasteiger partial charge on any atom is 0.171 e. The highest BCUT2D eigenvalue weighted by Crippen LogP contribution is 2.71. The Hall–Kier alpha value is -0.530. The standard InChI is InChI=1S/C27H43NO5/c1-14-5-8-27(32-13-14)15(2)23-21(33-27)10-18-16-9-22(30)26(31)12-20(29)19(28)11-25(26,4)17(16)6-7-24(18,23)3/h14-21,23,29,31H,5-13,28H2,1-4H3/t14-,15+,16-,17+,18+,19-,20-,21+,23+,24+,25-,26-,27-/m1/s1. The van der Waals surface area contributed by atoms with Crippen molar-refractivity contribution in [3.63, 3.8) is 0 Å². The largest absolute Gasteiger partial charge is 0.391 e. The summed E-state index contributed by atoms with van der Waals surface area (Å²) < 4.78 is 13.2. The average Bonchev–Trinajstić information content (AvgIpc) is 3.19. The normalized spacial score (nSPS) is 62.5. The minimum atomic E-state index is -1.45. The van der Waals surface area contributed by atoms with E-state index in [-0.39, 0.29) is 41.6 Å². The molecule has 4 saturated carbocycles. The first-order valence-corrected chi connectivity index (χ1v) is 13.5. The number of nitrogens with two attached hydrogens (primary N) is 1. The van der Waals surface area contributed by atoms with Gasteiger partial charge in [-0.15, -0.1) is 0 Å². The van der Waals surface area contributed by atoms with Gasteiger partial charge in [0.25, 0.3) is 0 Å². The minimum absolute atomic E-state index is 0.0754. The smallest absolute Gasteiger partial charge is 0.171 e. The van der Waals surface area contributed by atoms with E-state index in [1.807, 2.05) is 0 Å². The van der Waals surface area contributed by atoms with Gasteiger partial charge in [0, 0.05) is 36.6 Å². The van der Waals surface area contributed by atoms with Crippen molar-refractivity contribution in [2.24, 2.45) is 52.1 Å². The van der Waals surface area contributed by atoms with Gasteiger partial charge in [-0.3, -0.25) is 4.79 Å². The molecular formula is C27H43NO5. The fraction of sp³-hybridized carbons (Fsp3) is 0.963. The maximum absolute atomic E-state index is 13.5. The number of hydrogen-bond acceptors (Lipinski definition) is 6. The Morgan fingerprint density at radius 3 is 2.55 bits per heavy atom. The van der Waals surface area contributed by atoms with Crippen LogP contribution in [0.1, 0.15) is 79.1 Å². The van der Waals surface area contributed by atoms with Gasteiger partial charge in [-0.2, -0.15) is 0 Å². The predicted octanol–water partition coefficient (Wildman–Crippen LogP) is 3.02. The van der Waals surface area contributed by atoms with E-state index in [1.165, 1.54) is 0 Å². The molecular weight excluding hydrogens is 418 g/mol. The maximum atomic E-state index is 13.5. The Labute approximate surface area is 198 Å². The van der Waals surface area contributed by atoms with E-state index in [0.717, 1.165) is 38.7 Å². The zero-order valence-electron chi connectivity index (χ0n) is 20.8. The van der Waals surface area contributed by atoms with Gasteiger partial charge in [-0.05, 0) is 67.1 Å². The summed E-state index contributed by atoms with van der Waals surface area (Å²) in [4.78, 5) is 13.5. The average molecular weight is 462 g/mol. The number of aliphatic hydroxyl groups is 2. The van der Waals surface area contributed by atoms with E-state index in [9.17, 15) is 15.0 Å². The molecule has 2 aliphatic heterocycles. The van der Waals surface area contributed by atoms with Crippen LogP contribution in [0.5, 0.6) is 0 Å². The number of Topliss-reactive ketones (excluding diaryl/α,β-unsaturated/α-hetero) is 1. The van der Waals surface area contributed by atoms with Gasteiger partial charge in [0.1, 0.15) is 5.60 Å². The van der Waals surface area contributed by atoms with Crippen LogP contribution in [0.4, 0.5) is 0 Å². The molecule has 6 nitrogen and oxygen atoms in total. The molecule has 33 heavy (non-hydrogen) atoms. The summed E-state index contributed by atoms with van der Waals surface area (Å²) in [6.45, 7) is 9.91. The van der Waals surface area contributed by atoms with Crippen molar-refractivity contribution in [1.82, 2.24) is 0 Å². The second-order valence-electron chi connectivity index (χ2n) is 13.4. The number of carbonyl (C=O) groups is 1. The van der Waals surface area contributed by atoms with Crippen molar-refractivity contribution >= 4 is 5.78 Å². The molecule has 6 fully saturated rings. The molecule has 13 atom stereocenters. The highest BCUT2D eigenvalue weighted by atomic mass is 16.7. The van der Waals surface area contributed by atoms with Crippen molar-refractivity contribution in [1.29, 1.82) is 0 Å². The van der Waals surface area contributed by atoms with Gasteiger partial charge >= 0.3 is 0 Å². The molecule has 2 heterocycles. The van der Waals surface area contributed by atoms with Crippen LogP contribution < -0.4 is 5.73 Å². The molecule has 186 valence electrons. The first-order chi connectivity index (χ1) is 15.5. The Bertz CT molecular complexity index is 840. The van der Waals surface area contributed by atoms with Crippen molar-refractivity contribution < 1.29 is 24.5 Å². The van der Waals surface area contributed by atoms with Gasteiger partial charge in [-0.25, -0.2) is 0 Å². The molecule has 0 aromatic carbocycles. The van der Waals surface area contributed by atoms with Gasteiger partial charge < -0.3 is 25.4 Å². The van der Waals surface area contributed by atoms with E-state index in [0.29, 0.717) is 36.5 Å². The summed E-state index contributed by atoms with van der Waals surface area (Å²) in [6, 6.07) is -0.382. The summed E-state index contributed by atoms with van der Waals surface area (Å²) in [5, 5.41) is 22.0. The van der Waals surface area contributed by atoms with Crippen LogP contribution in [-0.4, -0.2) is 52.2 Å². The molecule has 0 aromatic heterocycles. The molecule has 0 bridgehead atoms. The first-order valence-electron chi connectivity index (χ1n) is 13.5. The summed E-state index contributed by atoms with van der Waals surface area (Å²) in [5.41, 5.74) is 4.41. The first kappa shape index (κ1) is 22.9. The molecule has 2 saturated heterocycles. The molecule has 6 aliphatic rings. The predicted molar refractivity (Wildman–Crippen MR) is 123 cm³/mol. The third kappa shape index (κ3) is 2.76. The molecule has 4 aliphatic carbocycles. The molecule has 6 rings (SSSR count). The summed E-state index contributed by atoms with van der Waals surface area (Å²) >= 11 is 0. The van der Waals surface area contributed by atoms with Crippen LogP contribution in [0, 0.1) is 46.3 Å². The summed E-state index contributed by atoms with van der Waals surface area (Å²) in [5.74, 6) is 1.84.